The molecule has 2 rings (SSSR count). The van der Waals surface area contributed by atoms with Crippen molar-refractivity contribution in [1.29, 1.82) is 0 Å². The number of halogens is 1. The van der Waals surface area contributed by atoms with E-state index in [1.807, 2.05) is 13.0 Å². The molecule has 0 unspecified atom stereocenters. The second-order valence-electron chi connectivity index (χ2n) is 5.31. The van der Waals surface area contributed by atoms with Gasteiger partial charge < -0.3 is 15.0 Å². The van der Waals surface area contributed by atoms with E-state index in [9.17, 15) is 9.59 Å². The Bertz CT molecular complexity index is 744. The number of ether oxygens (including phenoxy) is 1. The normalized spacial score (nSPS) is 10.2. The standard InChI is InChI=1S/C18H19ClN2O3/c1-12-4-5-14(19)10-17(12)21(13(2)22)11-18(23)20-15-6-8-16(24-3)9-7-15/h4-10H,11H2,1-3H3,(H,20,23). The lowest BCUT2D eigenvalue weighted by Crippen LogP contribution is -2.37. The summed E-state index contributed by atoms with van der Waals surface area (Å²) >= 11 is 6.01. The van der Waals surface area contributed by atoms with Crippen molar-refractivity contribution < 1.29 is 14.3 Å². The average Bonchev–Trinajstić information content (AvgIpc) is 2.55. The van der Waals surface area contributed by atoms with Gasteiger partial charge in [0.05, 0.1) is 7.11 Å². The Kier molecular flexibility index (Phi) is 5.82. The minimum Gasteiger partial charge on any atom is -0.497 e. The molecular formula is C18H19ClN2O3. The molecule has 0 fully saturated rings. The molecule has 0 bridgehead atoms. The fourth-order valence-corrected chi connectivity index (χ4v) is 2.42. The van der Waals surface area contributed by atoms with E-state index in [1.165, 1.54) is 11.8 Å². The first-order valence-corrected chi connectivity index (χ1v) is 7.76. The number of amides is 2. The van der Waals surface area contributed by atoms with Crippen LogP contribution in [-0.4, -0.2) is 25.5 Å². The molecule has 2 amide bonds. The predicted octanol–water partition coefficient (Wildman–Crippen LogP) is 3.65. The van der Waals surface area contributed by atoms with Crippen molar-refractivity contribution in [3.8, 4) is 5.75 Å². The van der Waals surface area contributed by atoms with Gasteiger partial charge in [0.25, 0.3) is 0 Å². The predicted molar refractivity (Wildman–Crippen MR) is 95.8 cm³/mol. The highest BCUT2D eigenvalue weighted by Crippen LogP contribution is 2.24. The van der Waals surface area contributed by atoms with Gasteiger partial charge in [0.2, 0.25) is 11.8 Å². The molecule has 0 aromatic heterocycles. The zero-order valence-electron chi connectivity index (χ0n) is 13.8. The molecule has 1 N–H and O–H groups in total. The summed E-state index contributed by atoms with van der Waals surface area (Å²) in [6, 6.07) is 12.2. The first-order chi connectivity index (χ1) is 11.4. The number of rotatable bonds is 5. The van der Waals surface area contributed by atoms with E-state index in [-0.39, 0.29) is 18.4 Å². The van der Waals surface area contributed by atoms with Crippen LogP contribution in [0.4, 0.5) is 11.4 Å². The van der Waals surface area contributed by atoms with Crippen molar-refractivity contribution in [1.82, 2.24) is 0 Å². The summed E-state index contributed by atoms with van der Waals surface area (Å²) in [5.41, 5.74) is 2.12. The highest BCUT2D eigenvalue weighted by Gasteiger charge is 2.18. The number of aryl methyl sites for hydroxylation is 1. The molecule has 0 heterocycles. The van der Waals surface area contributed by atoms with Crippen LogP contribution in [0.2, 0.25) is 5.02 Å². The first-order valence-electron chi connectivity index (χ1n) is 7.39. The minimum atomic E-state index is -0.297. The van der Waals surface area contributed by atoms with Gasteiger partial charge >= 0.3 is 0 Å². The van der Waals surface area contributed by atoms with Crippen molar-refractivity contribution in [3.63, 3.8) is 0 Å². The monoisotopic (exact) mass is 346 g/mol. The molecule has 2 aromatic rings. The van der Waals surface area contributed by atoms with Gasteiger partial charge in [-0.05, 0) is 48.9 Å². The van der Waals surface area contributed by atoms with Crippen LogP contribution in [0.5, 0.6) is 5.75 Å². The number of nitrogens with one attached hydrogen (secondary N) is 1. The van der Waals surface area contributed by atoms with Crippen molar-refractivity contribution in [2.45, 2.75) is 13.8 Å². The fourth-order valence-electron chi connectivity index (χ4n) is 2.26. The number of hydrogen-bond acceptors (Lipinski definition) is 3. The van der Waals surface area contributed by atoms with E-state index in [4.69, 9.17) is 16.3 Å². The van der Waals surface area contributed by atoms with Gasteiger partial charge in [0, 0.05) is 23.3 Å². The van der Waals surface area contributed by atoms with Crippen LogP contribution >= 0.6 is 11.6 Å². The van der Waals surface area contributed by atoms with Gasteiger partial charge in [-0.25, -0.2) is 0 Å². The van der Waals surface area contributed by atoms with Gasteiger partial charge in [-0.3, -0.25) is 9.59 Å². The van der Waals surface area contributed by atoms with Gasteiger partial charge in [0.1, 0.15) is 12.3 Å². The summed E-state index contributed by atoms with van der Waals surface area (Å²) in [4.78, 5) is 25.7. The number of anilines is 2. The zero-order chi connectivity index (χ0) is 17.7. The van der Waals surface area contributed by atoms with Crippen LogP contribution in [0.3, 0.4) is 0 Å². The van der Waals surface area contributed by atoms with E-state index < -0.39 is 0 Å². The fraction of sp³-hybridized carbons (Fsp3) is 0.222. The smallest absolute Gasteiger partial charge is 0.244 e. The quantitative estimate of drug-likeness (QED) is 0.899. The number of methoxy groups -OCH3 is 1. The van der Waals surface area contributed by atoms with Crippen molar-refractivity contribution in [3.05, 3.63) is 53.1 Å². The molecule has 0 aliphatic carbocycles. The third-order valence-corrected chi connectivity index (χ3v) is 3.75. The summed E-state index contributed by atoms with van der Waals surface area (Å²) < 4.78 is 5.07. The van der Waals surface area contributed by atoms with Crippen LogP contribution in [0.15, 0.2) is 42.5 Å². The average molecular weight is 347 g/mol. The molecule has 24 heavy (non-hydrogen) atoms. The van der Waals surface area contributed by atoms with Gasteiger partial charge in [0.15, 0.2) is 0 Å². The zero-order valence-corrected chi connectivity index (χ0v) is 14.6. The third kappa shape index (κ3) is 4.49. The van der Waals surface area contributed by atoms with E-state index in [0.29, 0.717) is 22.1 Å². The topological polar surface area (TPSA) is 58.6 Å². The molecule has 0 aliphatic rings. The number of hydrogen-bond donors (Lipinski definition) is 1. The number of carbonyl (C=O) groups excluding carboxylic acids is 2. The Balaban J connectivity index is 2.13. The molecule has 6 heteroatoms. The first kappa shape index (κ1) is 17.8. The maximum atomic E-state index is 12.3. The number of carbonyl (C=O) groups is 2. The Morgan fingerprint density at radius 3 is 2.42 bits per heavy atom. The Morgan fingerprint density at radius 1 is 1.17 bits per heavy atom. The SMILES string of the molecule is COc1ccc(NC(=O)CN(C(C)=O)c2cc(Cl)ccc2C)cc1. The molecule has 0 aliphatic heterocycles. The van der Waals surface area contributed by atoms with E-state index in [0.717, 1.165) is 5.56 Å². The minimum absolute atomic E-state index is 0.0947. The van der Waals surface area contributed by atoms with Crippen LogP contribution < -0.4 is 15.0 Å². The Morgan fingerprint density at radius 2 is 1.83 bits per heavy atom. The summed E-state index contributed by atoms with van der Waals surface area (Å²) in [5.74, 6) is 0.174. The van der Waals surface area contributed by atoms with Crippen molar-refractivity contribution >= 4 is 34.8 Å². The second-order valence-corrected chi connectivity index (χ2v) is 5.75. The maximum Gasteiger partial charge on any atom is 0.244 e. The molecule has 2 aromatic carbocycles. The molecule has 0 spiro atoms. The summed E-state index contributed by atoms with van der Waals surface area (Å²) in [5, 5.41) is 3.27. The number of nitrogens with zero attached hydrogens (tertiary/aromatic N) is 1. The molecule has 126 valence electrons. The molecule has 0 atom stereocenters. The van der Waals surface area contributed by atoms with Gasteiger partial charge in [-0.2, -0.15) is 0 Å². The molecule has 0 radical (unpaired) electrons. The second kappa shape index (κ2) is 7.84. The molecule has 5 nitrogen and oxygen atoms in total. The van der Waals surface area contributed by atoms with E-state index in [1.54, 1.807) is 43.5 Å². The van der Waals surface area contributed by atoms with E-state index >= 15 is 0 Å². The summed E-state index contributed by atoms with van der Waals surface area (Å²) in [6.07, 6.45) is 0. The van der Waals surface area contributed by atoms with Crippen LogP contribution in [0.25, 0.3) is 0 Å². The Hall–Kier alpha value is -2.53. The molecule has 0 saturated heterocycles. The largest absolute Gasteiger partial charge is 0.497 e. The lowest BCUT2D eigenvalue weighted by molar-refractivity contribution is -0.120. The lowest BCUT2D eigenvalue weighted by Gasteiger charge is -2.23. The summed E-state index contributed by atoms with van der Waals surface area (Å²) in [7, 11) is 1.58. The molecule has 0 saturated carbocycles. The highest BCUT2D eigenvalue weighted by molar-refractivity contribution is 6.31. The molecular weight excluding hydrogens is 328 g/mol. The van der Waals surface area contributed by atoms with E-state index in [2.05, 4.69) is 5.32 Å². The van der Waals surface area contributed by atoms with Gasteiger partial charge in [-0.15, -0.1) is 0 Å². The van der Waals surface area contributed by atoms with Crippen LogP contribution in [0.1, 0.15) is 12.5 Å². The lowest BCUT2D eigenvalue weighted by atomic mass is 10.1. The Labute approximate surface area is 146 Å². The van der Waals surface area contributed by atoms with Crippen molar-refractivity contribution in [2.75, 3.05) is 23.9 Å². The van der Waals surface area contributed by atoms with Crippen molar-refractivity contribution in [2.24, 2.45) is 0 Å². The maximum absolute atomic E-state index is 12.3. The summed E-state index contributed by atoms with van der Waals surface area (Å²) in [6.45, 7) is 3.19. The third-order valence-electron chi connectivity index (χ3n) is 3.52. The van der Waals surface area contributed by atoms with Gasteiger partial charge in [-0.1, -0.05) is 17.7 Å². The highest BCUT2D eigenvalue weighted by atomic mass is 35.5. The van der Waals surface area contributed by atoms with Crippen LogP contribution in [0, 0.1) is 6.92 Å². The number of benzene rings is 2. The van der Waals surface area contributed by atoms with Crippen LogP contribution in [-0.2, 0) is 9.59 Å².